The van der Waals surface area contributed by atoms with E-state index in [0.717, 1.165) is 18.2 Å². The average molecular weight is 431 g/mol. The van der Waals surface area contributed by atoms with E-state index in [0.29, 0.717) is 16.6 Å². The van der Waals surface area contributed by atoms with E-state index in [2.05, 4.69) is 4.98 Å². The number of pyridine rings is 1. The Morgan fingerprint density at radius 3 is 2.19 bits per heavy atom. The number of hydrogen-bond donors (Lipinski definition) is 1. The topological polar surface area (TPSA) is 59.9 Å². The van der Waals surface area contributed by atoms with Crippen molar-refractivity contribution in [2.45, 2.75) is 31.9 Å². The second-order valence-corrected chi connectivity index (χ2v) is 8.28. The van der Waals surface area contributed by atoms with Gasteiger partial charge in [0.1, 0.15) is 17.4 Å². The van der Waals surface area contributed by atoms with E-state index in [1.165, 1.54) is 18.3 Å². The van der Waals surface area contributed by atoms with Crippen LogP contribution < -0.4 is 10.3 Å². The Balaban J connectivity index is 2.19. The van der Waals surface area contributed by atoms with Crippen molar-refractivity contribution in [1.82, 2.24) is 4.98 Å². The van der Waals surface area contributed by atoms with Crippen molar-refractivity contribution in [3.8, 4) is 6.07 Å². The van der Waals surface area contributed by atoms with E-state index in [1.54, 1.807) is 25.1 Å². The van der Waals surface area contributed by atoms with Gasteiger partial charge in [-0.15, -0.1) is 0 Å². The van der Waals surface area contributed by atoms with Crippen molar-refractivity contribution in [1.29, 1.82) is 5.26 Å². The van der Waals surface area contributed by atoms with Gasteiger partial charge in [-0.25, -0.2) is 4.39 Å². The van der Waals surface area contributed by atoms with Crippen LogP contribution in [0.1, 0.15) is 36.1 Å². The lowest BCUT2D eigenvalue weighted by Crippen LogP contribution is -2.24. The van der Waals surface area contributed by atoms with Crippen molar-refractivity contribution >= 4 is 16.6 Å². The summed E-state index contributed by atoms with van der Waals surface area (Å²) in [5.41, 5.74) is -0.315. The van der Waals surface area contributed by atoms with Crippen LogP contribution in [0.2, 0.25) is 0 Å². The number of hydrogen-bond acceptors (Lipinski definition) is 3. The molecule has 8 heteroatoms. The summed E-state index contributed by atoms with van der Waals surface area (Å²) in [5, 5.41) is 9.18. The molecule has 2 aromatic carbocycles. The highest BCUT2D eigenvalue weighted by atomic mass is 19.4. The molecule has 3 rings (SSSR count). The fourth-order valence-corrected chi connectivity index (χ4v) is 3.78. The van der Waals surface area contributed by atoms with Crippen LogP contribution in [0.4, 0.5) is 23.2 Å². The van der Waals surface area contributed by atoms with Crippen molar-refractivity contribution in [2.75, 3.05) is 19.0 Å². The van der Waals surface area contributed by atoms with Gasteiger partial charge < -0.3 is 9.88 Å². The third-order valence-electron chi connectivity index (χ3n) is 5.38. The molecular weight excluding hydrogens is 410 g/mol. The second kappa shape index (κ2) is 7.73. The number of alkyl halides is 3. The average Bonchev–Trinajstić information content (AvgIpc) is 2.67. The Bertz CT molecular complexity index is 1230. The number of benzene rings is 2. The number of halogens is 4. The Labute approximate surface area is 176 Å². The first-order valence-electron chi connectivity index (χ1n) is 9.48. The van der Waals surface area contributed by atoms with E-state index in [9.17, 15) is 18.0 Å². The normalized spacial score (nSPS) is 12.1. The smallest absolute Gasteiger partial charge is 0.375 e. The van der Waals surface area contributed by atoms with Gasteiger partial charge >= 0.3 is 6.18 Å². The van der Waals surface area contributed by atoms with Gasteiger partial charge in [0.2, 0.25) is 5.43 Å². The van der Waals surface area contributed by atoms with Gasteiger partial charge in [-0.1, -0.05) is 26.0 Å². The van der Waals surface area contributed by atoms with Crippen LogP contribution in [0.3, 0.4) is 0 Å². The lowest BCUT2D eigenvalue weighted by atomic mass is 9.78. The minimum absolute atomic E-state index is 0.0559. The molecule has 0 radical (unpaired) electrons. The van der Waals surface area contributed by atoms with Crippen molar-refractivity contribution in [3.63, 3.8) is 0 Å². The van der Waals surface area contributed by atoms with Crippen LogP contribution in [-0.4, -0.2) is 19.1 Å². The van der Waals surface area contributed by atoms with Crippen LogP contribution in [0.5, 0.6) is 0 Å². The maximum Gasteiger partial charge on any atom is 0.416 e. The summed E-state index contributed by atoms with van der Waals surface area (Å²) in [6.07, 6.45) is -2.91. The summed E-state index contributed by atoms with van der Waals surface area (Å²) in [6, 6.07) is 7.77. The van der Waals surface area contributed by atoms with E-state index in [1.807, 2.05) is 13.8 Å². The number of H-pyrrole nitrogens is 1. The molecule has 162 valence electrons. The first kappa shape index (κ1) is 22.3. The number of aromatic nitrogens is 1. The van der Waals surface area contributed by atoms with Gasteiger partial charge in [0.25, 0.3) is 0 Å². The zero-order chi connectivity index (χ0) is 23.1. The molecule has 0 bridgehead atoms. The van der Waals surface area contributed by atoms with Crippen molar-refractivity contribution < 1.29 is 17.6 Å². The molecule has 0 saturated heterocycles. The highest BCUT2D eigenvalue weighted by Crippen LogP contribution is 2.37. The fraction of sp³-hybridized carbons (Fsp3) is 0.304. The molecule has 0 aliphatic rings. The Morgan fingerprint density at radius 2 is 1.68 bits per heavy atom. The van der Waals surface area contributed by atoms with Crippen LogP contribution in [0.15, 0.2) is 41.3 Å². The molecule has 0 saturated carbocycles. The Morgan fingerprint density at radius 1 is 1.10 bits per heavy atom. The molecule has 0 spiro atoms. The Hall–Kier alpha value is -3.34. The first-order valence-corrected chi connectivity index (χ1v) is 9.48. The number of rotatable bonds is 4. The van der Waals surface area contributed by atoms with Gasteiger partial charge in [-0.05, 0) is 35.6 Å². The number of aromatic amines is 1. The maximum atomic E-state index is 15.0. The maximum absolute atomic E-state index is 15.0. The summed E-state index contributed by atoms with van der Waals surface area (Å²) in [7, 11) is 3.33. The summed E-state index contributed by atoms with van der Waals surface area (Å²) in [5.74, 6) is -0.615. The molecule has 31 heavy (non-hydrogen) atoms. The number of anilines is 1. The molecule has 0 fully saturated rings. The molecule has 3 aromatic rings. The van der Waals surface area contributed by atoms with Gasteiger partial charge in [0.15, 0.2) is 0 Å². The lowest BCUT2D eigenvalue weighted by molar-refractivity contribution is -0.137. The molecule has 1 aromatic heterocycles. The highest BCUT2D eigenvalue weighted by Gasteiger charge is 2.32. The van der Waals surface area contributed by atoms with Crippen LogP contribution in [-0.2, 0) is 18.0 Å². The number of nitriles is 1. The SMILES string of the molecule is CN(C)c1c(F)cc2c(=O)c(C#N)c[nH]c2c1CC(C)(C)c1ccc(C(F)(F)F)cc1. The summed E-state index contributed by atoms with van der Waals surface area (Å²) in [4.78, 5) is 17.1. The molecule has 4 nitrogen and oxygen atoms in total. The minimum Gasteiger partial charge on any atom is -0.375 e. The van der Waals surface area contributed by atoms with E-state index in [-0.39, 0.29) is 23.1 Å². The molecule has 0 atom stereocenters. The number of nitrogens with zero attached hydrogens (tertiary/aromatic N) is 2. The zero-order valence-electron chi connectivity index (χ0n) is 17.5. The van der Waals surface area contributed by atoms with Gasteiger partial charge in [-0.2, -0.15) is 18.4 Å². The van der Waals surface area contributed by atoms with Gasteiger partial charge in [-0.3, -0.25) is 4.79 Å². The van der Waals surface area contributed by atoms with Crippen molar-refractivity contribution in [3.05, 3.63) is 74.8 Å². The molecule has 1 heterocycles. The number of nitrogens with one attached hydrogen (secondary N) is 1. The van der Waals surface area contributed by atoms with Crippen molar-refractivity contribution in [2.24, 2.45) is 0 Å². The molecule has 0 amide bonds. The molecule has 1 N–H and O–H groups in total. The van der Waals surface area contributed by atoms with Crippen LogP contribution in [0.25, 0.3) is 10.9 Å². The first-order chi connectivity index (χ1) is 14.4. The predicted molar refractivity (Wildman–Crippen MR) is 112 cm³/mol. The van der Waals surface area contributed by atoms with Gasteiger partial charge in [0, 0.05) is 25.9 Å². The van der Waals surface area contributed by atoms with E-state index in [4.69, 9.17) is 5.26 Å². The third kappa shape index (κ3) is 4.13. The van der Waals surface area contributed by atoms with E-state index < -0.39 is 28.4 Å². The second-order valence-electron chi connectivity index (χ2n) is 8.28. The predicted octanol–water partition coefficient (Wildman–Crippen LogP) is 5.14. The Kier molecular flexibility index (Phi) is 5.57. The van der Waals surface area contributed by atoms with Crippen LogP contribution in [0, 0.1) is 17.1 Å². The summed E-state index contributed by atoms with van der Waals surface area (Å²) >= 11 is 0. The molecule has 0 aliphatic carbocycles. The lowest BCUT2D eigenvalue weighted by Gasteiger charge is -2.29. The minimum atomic E-state index is -4.43. The van der Waals surface area contributed by atoms with Gasteiger partial charge in [0.05, 0.1) is 22.2 Å². The quantitative estimate of drug-likeness (QED) is 0.582. The molecular formula is C23H21F4N3O. The standard InChI is InChI=1S/C23H21F4N3O/c1-22(2,14-5-7-15(8-6-14)23(25,26)27)10-17-19-16(9-18(24)20(17)30(3)4)21(31)13(11-28)12-29-19/h5-9,12H,10H2,1-4H3,(H,29,31). The largest absolute Gasteiger partial charge is 0.416 e. The third-order valence-corrected chi connectivity index (χ3v) is 5.38. The number of fused-ring (bicyclic) bond motifs is 1. The monoisotopic (exact) mass is 431 g/mol. The molecule has 0 aliphatic heterocycles. The fourth-order valence-electron chi connectivity index (χ4n) is 3.78. The van der Waals surface area contributed by atoms with Crippen LogP contribution >= 0.6 is 0 Å². The zero-order valence-corrected chi connectivity index (χ0v) is 17.5. The highest BCUT2D eigenvalue weighted by molar-refractivity contribution is 5.88. The molecule has 0 unspecified atom stereocenters. The summed E-state index contributed by atoms with van der Waals surface area (Å²) < 4.78 is 53.8. The summed E-state index contributed by atoms with van der Waals surface area (Å²) in [6.45, 7) is 3.68. The van der Waals surface area contributed by atoms with E-state index >= 15 is 4.39 Å².